The molecule has 2 N–H and O–H groups in total. The number of rotatable bonds is 7. The van der Waals surface area contributed by atoms with Gasteiger partial charge < -0.3 is 9.73 Å². The highest BCUT2D eigenvalue weighted by Crippen LogP contribution is 2.22. The van der Waals surface area contributed by atoms with Crippen molar-refractivity contribution in [3.8, 4) is 0 Å². The number of carbonyl (C=O) groups is 2. The molecule has 1 aromatic carbocycles. The Hall–Kier alpha value is -2.35. The topological polar surface area (TPSA) is 97.1 Å². The second-order valence-electron chi connectivity index (χ2n) is 6.06. The monoisotopic (exact) mass is 360 g/mol. The van der Waals surface area contributed by atoms with E-state index in [4.69, 9.17) is 4.42 Å². The number of hydrogen-bond acceptors (Lipinski definition) is 6. The summed E-state index contributed by atoms with van der Waals surface area (Å²) in [6.45, 7) is 2.10. The Morgan fingerprint density at radius 1 is 1.28 bits per heavy atom. The molecule has 0 saturated heterocycles. The van der Waals surface area contributed by atoms with Crippen LogP contribution in [0.5, 0.6) is 0 Å². The van der Waals surface area contributed by atoms with Gasteiger partial charge in [0, 0.05) is 12.5 Å². The summed E-state index contributed by atoms with van der Waals surface area (Å²) in [5.74, 6) is 0.453. The zero-order chi connectivity index (χ0) is 17.6. The van der Waals surface area contributed by atoms with E-state index in [2.05, 4.69) is 39.9 Å². The standard InChI is InChI=1S/C17H20N4O3S/c1-11(12-5-3-2-4-6-12)9-15-20-21-17(24-15)25-10-14(22)19-16(23)18-13-7-8-13/h2-6,11,13H,7-10H2,1H3,(H2,18,19,22,23). The largest absolute Gasteiger partial charge is 0.416 e. The summed E-state index contributed by atoms with van der Waals surface area (Å²) < 4.78 is 5.57. The molecule has 1 aliphatic rings. The average molecular weight is 360 g/mol. The van der Waals surface area contributed by atoms with Gasteiger partial charge >= 0.3 is 6.03 Å². The summed E-state index contributed by atoms with van der Waals surface area (Å²) in [5.41, 5.74) is 1.20. The lowest BCUT2D eigenvalue weighted by Gasteiger charge is -2.08. The second-order valence-corrected chi connectivity index (χ2v) is 6.99. The number of carbonyl (C=O) groups excluding carboxylic acids is 2. The Bertz CT molecular complexity index is 731. The Morgan fingerprint density at radius 2 is 2.04 bits per heavy atom. The van der Waals surface area contributed by atoms with Gasteiger partial charge in [-0.1, -0.05) is 49.0 Å². The normalized spacial score (nSPS) is 14.8. The molecule has 1 aliphatic carbocycles. The third-order valence-corrected chi connectivity index (χ3v) is 4.61. The van der Waals surface area contributed by atoms with Crippen molar-refractivity contribution in [1.29, 1.82) is 0 Å². The third kappa shape index (κ3) is 5.60. The predicted octanol–water partition coefficient (Wildman–Crippen LogP) is 2.50. The Labute approximate surface area is 150 Å². The van der Waals surface area contributed by atoms with Gasteiger partial charge in [-0.25, -0.2) is 4.79 Å². The molecule has 3 amide bonds. The first-order valence-corrected chi connectivity index (χ1v) is 9.19. The molecule has 1 saturated carbocycles. The van der Waals surface area contributed by atoms with Crippen molar-refractivity contribution in [2.75, 3.05) is 5.75 Å². The van der Waals surface area contributed by atoms with Crippen molar-refractivity contribution < 1.29 is 14.0 Å². The minimum Gasteiger partial charge on any atom is -0.416 e. The van der Waals surface area contributed by atoms with E-state index in [0.29, 0.717) is 17.5 Å². The van der Waals surface area contributed by atoms with E-state index in [0.717, 1.165) is 24.6 Å². The smallest absolute Gasteiger partial charge is 0.321 e. The number of amides is 3. The maximum absolute atomic E-state index is 11.7. The van der Waals surface area contributed by atoms with Crippen LogP contribution in [0.2, 0.25) is 0 Å². The number of nitrogens with zero attached hydrogens (tertiary/aromatic N) is 2. The van der Waals surface area contributed by atoms with Gasteiger partial charge in [-0.15, -0.1) is 10.2 Å². The van der Waals surface area contributed by atoms with E-state index in [9.17, 15) is 9.59 Å². The van der Waals surface area contributed by atoms with Crippen LogP contribution < -0.4 is 10.6 Å². The molecule has 0 radical (unpaired) electrons. The molecule has 1 heterocycles. The van der Waals surface area contributed by atoms with Gasteiger partial charge in [0.05, 0.1) is 5.75 Å². The van der Waals surface area contributed by atoms with Crippen molar-refractivity contribution in [3.05, 3.63) is 41.8 Å². The van der Waals surface area contributed by atoms with Crippen LogP contribution in [0, 0.1) is 0 Å². The molecule has 8 heteroatoms. The highest BCUT2D eigenvalue weighted by molar-refractivity contribution is 7.99. The maximum atomic E-state index is 11.7. The summed E-state index contributed by atoms with van der Waals surface area (Å²) in [6, 6.07) is 9.87. The first-order valence-electron chi connectivity index (χ1n) is 8.20. The molecule has 7 nitrogen and oxygen atoms in total. The summed E-state index contributed by atoms with van der Waals surface area (Å²) in [5, 5.41) is 13.3. The van der Waals surface area contributed by atoms with Crippen molar-refractivity contribution in [3.63, 3.8) is 0 Å². The van der Waals surface area contributed by atoms with E-state index in [1.54, 1.807) is 0 Å². The quantitative estimate of drug-likeness (QED) is 0.736. The minimum absolute atomic E-state index is 0.0496. The lowest BCUT2D eigenvalue weighted by atomic mass is 9.98. The SMILES string of the molecule is CC(Cc1nnc(SCC(=O)NC(=O)NC2CC2)o1)c1ccccc1. The van der Waals surface area contributed by atoms with Crippen LogP contribution in [0.4, 0.5) is 4.79 Å². The van der Waals surface area contributed by atoms with Crippen molar-refractivity contribution in [1.82, 2.24) is 20.8 Å². The van der Waals surface area contributed by atoms with Crippen molar-refractivity contribution >= 4 is 23.7 Å². The predicted molar refractivity (Wildman–Crippen MR) is 93.3 cm³/mol. The third-order valence-electron chi connectivity index (χ3n) is 3.79. The molecule has 3 rings (SSSR count). The van der Waals surface area contributed by atoms with Crippen LogP contribution in [-0.2, 0) is 11.2 Å². The fraction of sp³-hybridized carbons (Fsp3) is 0.412. The van der Waals surface area contributed by atoms with Crippen LogP contribution in [0.15, 0.2) is 40.0 Å². The van der Waals surface area contributed by atoms with Gasteiger partial charge in [-0.2, -0.15) is 0 Å². The van der Waals surface area contributed by atoms with E-state index in [1.807, 2.05) is 18.2 Å². The summed E-state index contributed by atoms with van der Waals surface area (Å²) in [6.07, 6.45) is 2.58. The molecule has 1 atom stereocenters. The molecule has 132 valence electrons. The summed E-state index contributed by atoms with van der Waals surface area (Å²) in [4.78, 5) is 23.2. The van der Waals surface area contributed by atoms with Gasteiger partial charge in [0.1, 0.15) is 0 Å². The van der Waals surface area contributed by atoms with Gasteiger partial charge in [0.2, 0.25) is 11.8 Å². The van der Waals surface area contributed by atoms with Crippen molar-refractivity contribution in [2.24, 2.45) is 0 Å². The van der Waals surface area contributed by atoms with Crippen molar-refractivity contribution in [2.45, 2.75) is 43.4 Å². The van der Waals surface area contributed by atoms with Gasteiger partial charge in [-0.3, -0.25) is 10.1 Å². The summed E-state index contributed by atoms with van der Waals surface area (Å²) in [7, 11) is 0. The molecule has 2 aromatic rings. The van der Waals surface area contributed by atoms with Crippen LogP contribution in [0.1, 0.15) is 37.1 Å². The fourth-order valence-corrected chi connectivity index (χ4v) is 2.86. The molecule has 0 bridgehead atoms. The maximum Gasteiger partial charge on any atom is 0.321 e. The fourth-order valence-electron chi connectivity index (χ4n) is 2.28. The summed E-state index contributed by atoms with van der Waals surface area (Å²) >= 11 is 1.12. The van der Waals surface area contributed by atoms with E-state index >= 15 is 0 Å². The second kappa shape index (κ2) is 8.15. The first kappa shape index (κ1) is 17.5. The number of benzene rings is 1. The highest BCUT2D eigenvalue weighted by Gasteiger charge is 2.24. The van der Waals surface area contributed by atoms with E-state index in [-0.39, 0.29) is 23.6 Å². The van der Waals surface area contributed by atoms with E-state index in [1.165, 1.54) is 5.56 Å². The zero-order valence-corrected chi connectivity index (χ0v) is 14.7. The van der Waals surface area contributed by atoms with Gasteiger partial charge in [-0.05, 0) is 24.3 Å². The molecule has 25 heavy (non-hydrogen) atoms. The Kier molecular flexibility index (Phi) is 5.70. The number of aromatic nitrogens is 2. The lowest BCUT2D eigenvalue weighted by molar-refractivity contribution is -0.117. The van der Waals surface area contributed by atoms with Crippen LogP contribution in [0.25, 0.3) is 0 Å². The Morgan fingerprint density at radius 3 is 2.76 bits per heavy atom. The molecule has 1 unspecified atom stereocenters. The molecule has 0 aliphatic heterocycles. The van der Waals surface area contributed by atoms with Crippen LogP contribution >= 0.6 is 11.8 Å². The molecular formula is C17H20N4O3S. The number of thioether (sulfide) groups is 1. The van der Waals surface area contributed by atoms with Crippen LogP contribution in [0.3, 0.4) is 0 Å². The highest BCUT2D eigenvalue weighted by atomic mass is 32.2. The number of imide groups is 1. The Balaban J connectivity index is 1.43. The van der Waals surface area contributed by atoms with Crippen LogP contribution in [-0.4, -0.2) is 33.9 Å². The molecule has 0 spiro atoms. The first-order chi connectivity index (χ1) is 12.1. The lowest BCUT2D eigenvalue weighted by Crippen LogP contribution is -2.41. The van der Waals surface area contributed by atoms with E-state index < -0.39 is 6.03 Å². The molecule has 1 aromatic heterocycles. The molecular weight excluding hydrogens is 340 g/mol. The average Bonchev–Trinajstić information content (AvgIpc) is 3.30. The minimum atomic E-state index is -0.448. The van der Waals surface area contributed by atoms with Gasteiger partial charge in [0.25, 0.3) is 5.22 Å². The zero-order valence-electron chi connectivity index (χ0n) is 13.9. The molecule has 1 fully saturated rings. The number of nitrogens with one attached hydrogen (secondary N) is 2. The van der Waals surface area contributed by atoms with Gasteiger partial charge in [0.15, 0.2) is 0 Å². The number of urea groups is 1. The number of hydrogen-bond donors (Lipinski definition) is 2.